The summed E-state index contributed by atoms with van der Waals surface area (Å²) in [4.78, 5) is 5.47. The summed E-state index contributed by atoms with van der Waals surface area (Å²) in [7, 11) is 0. The minimum Gasteiger partial charge on any atom is -0.455 e. The summed E-state index contributed by atoms with van der Waals surface area (Å²) >= 11 is 0. The summed E-state index contributed by atoms with van der Waals surface area (Å²) in [6.07, 6.45) is 0. The molecule has 0 radical (unpaired) electrons. The third-order valence-corrected chi connectivity index (χ3v) is 12.2. The van der Waals surface area contributed by atoms with Gasteiger partial charge in [-0.1, -0.05) is 135 Å². The molecule has 8 aromatic carbocycles. The van der Waals surface area contributed by atoms with Gasteiger partial charge in [-0.25, -0.2) is 4.98 Å². The Bertz CT molecular complexity index is 3340. The molecule has 0 saturated carbocycles. The van der Waals surface area contributed by atoms with E-state index in [0.29, 0.717) is 0 Å². The van der Waals surface area contributed by atoms with Crippen LogP contribution in [0, 0.1) is 0 Å². The van der Waals surface area contributed by atoms with Crippen molar-refractivity contribution in [3.8, 4) is 39.2 Å². The van der Waals surface area contributed by atoms with E-state index in [0.717, 1.165) is 66.3 Å². The summed E-state index contributed by atoms with van der Waals surface area (Å²) < 4.78 is 9.22. The van der Waals surface area contributed by atoms with Crippen LogP contribution in [0.3, 0.4) is 0 Å². The van der Waals surface area contributed by atoms with Gasteiger partial charge in [0.1, 0.15) is 11.2 Å². The molecule has 0 saturated heterocycles. The van der Waals surface area contributed by atoms with Gasteiger partial charge in [0.15, 0.2) is 0 Å². The van der Waals surface area contributed by atoms with Crippen molar-refractivity contribution in [2.75, 3.05) is 0 Å². The van der Waals surface area contributed by atoms with Gasteiger partial charge in [0.2, 0.25) is 0 Å². The number of aromatic nitrogens is 2. The molecule has 12 rings (SSSR count). The Morgan fingerprint density at radius 2 is 1.09 bits per heavy atom. The molecular formula is C52H34N2O. The van der Waals surface area contributed by atoms with E-state index in [2.05, 4.69) is 188 Å². The Morgan fingerprint density at radius 1 is 0.473 bits per heavy atom. The smallest absolute Gasteiger partial charge is 0.143 e. The fourth-order valence-electron chi connectivity index (χ4n) is 9.61. The number of benzene rings is 8. The molecule has 0 fully saturated rings. The lowest BCUT2D eigenvalue weighted by Gasteiger charge is -2.22. The molecule has 0 unspecified atom stereocenters. The van der Waals surface area contributed by atoms with Crippen LogP contribution in [0.1, 0.15) is 25.0 Å². The second-order valence-electron chi connectivity index (χ2n) is 15.5. The lowest BCUT2D eigenvalue weighted by molar-refractivity contribution is 0.660. The van der Waals surface area contributed by atoms with Crippen LogP contribution in [0.4, 0.5) is 0 Å². The predicted molar refractivity (Wildman–Crippen MR) is 229 cm³/mol. The van der Waals surface area contributed by atoms with E-state index >= 15 is 0 Å². The standard InChI is InChI=1S/C52H34N2O/c1-52(2)42-18-8-3-13-34(42)35-28-25-32(29-43(35)52)50-41-30-40(51-49(39-17-7-12-22-47(39)55-51)48(41)38-16-4-9-19-44(38)53-50)31-23-26-33(27-24-31)54-45-20-10-5-14-36(45)37-15-6-11-21-46(37)54/h3-30H,1-2H3. The van der Waals surface area contributed by atoms with Gasteiger partial charge in [-0.05, 0) is 76.3 Å². The Balaban J connectivity index is 1.13. The maximum atomic E-state index is 6.86. The summed E-state index contributed by atoms with van der Waals surface area (Å²) in [5.41, 5.74) is 15.8. The maximum Gasteiger partial charge on any atom is 0.143 e. The highest BCUT2D eigenvalue weighted by molar-refractivity contribution is 6.30. The van der Waals surface area contributed by atoms with E-state index in [1.165, 1.54) is 49.4 Å². The minimum absolute atomic E-state index is 0.119. The molecule has 0 spiro atoms. The highest BCUT2D eigenvalue weighted by atomic mass is 16.3. The highest BCUT2D eigenvalue weighted by Gasteiger charge is 2.35. The van der Waals surface area contributed by atoms with Crippen LogP contribution in [0.25, 0.3) is 105 Å². The fourth-order valence-corrected chi connectivity index (χ4v) is 9.61. The summed E-state index contributed by atoms with van der Waals surface area (Å²) in [5.74, 6) is 0. The predicted octanol–water partition coefficient (Wildman–Crippen LogP) is 14.0. The second-order valence-corrected chi connectivity index (χ2v) is 15.5. The number of hydrogen-bond acceptors (Lipinski definition) is 2. The summed E-state index contributed by atoms with van der Waals surface area (Å²) in [6.45, 7) is 4.69. The van der Waals surface area contributed by atoms with Crippen molar-refractivity contribution in [3.05, 3.63) is 181 Å². The molecule has 0 N–H and O–H groups in total. The minimum atomic E-state index is -0.119. The largest absolute Gasteiger partial charge is 0.455 e. The van der Waals surface area contributed by atoms with Crippen molar-refractivity contribution in [1.29, 1.82) is 0 Å². The maximum absolute atomic E-state index is 6.86. The van der Waals surface area contributed by atoms with E-state index < -0.39 is 0 Å². The number of rotatable bonds is 3. The van der Waals surface area contributed by atoms with Crippen molar-refractivity contribution >= 4 is 65.4 Å². The Hall–Kier alpha value is -6.97. The molecule has 0 amide bonds. The van der Waals surface area contributed by atoms with Crippen LogP contribution in [0.2, 0.25) is 0 Å². The van der Waals surface area contributed by atoms with Crippen LogP contribution in [0.15, 0.2) is 174 Å². The van der Waals surface area contributed by atoms with Crippen molar-refractivity contribution in [3.63, 3.8) is 0 Å². The zero-order chi connectivity index (χ0) is 36.4. The number of nitrogens with zero attached hydrogens (tertiary/aromatic N) is 2. The quantitative estimate of drug-likeness (QED) is 0.172. The van der Waals surface area contributed by atoms with Gasteiger partial charge in [-0.2, -0.15) is 0 Å². The normalized spacial score (nSPS) is 13.4. The third-order valence-electron chi connectivity index (χ3n) is 12.2. The first-order valence-electron chi connectivity index (χ1n) is 19.0. The molecule has 1 aliphatic rings. The Labute approximate surface area is 317 Å². The highest BCUT2D eigenvalue weighted by Crippen LogP contribution is 2.51. The number of pyridine rings is 1. The van der Waals surface area contributed by atoms with E-state index in [4.69, 9.17) is 9.40 Å². The van der Waals surface area contributed by atoms with Gasteiger partial charge < -0.3 is 8.98 Å². The van der Waals surface area contributed by atoms with E-state index in [1.54, 1.807) is 0 Å². The zero-order valence-corrected chi connectivity index (χ0v) is 30.5. The molecule has 0 aliphatic heterocycles. The molecule has 0 atom stereocenters. The molecule has 258 valence electrons. The van der Waals surface area contributed by atoms with E-state index in [9.17, 15) is 0 Å². The lowest BCUT2D eigenvalue weighted by Crippen LogP contribution is -2.14. The SMILES string of the molecule is CC1(C)c2ccccc2-c2ccc(-c3nc4ccccc4c4c3cc(-c3ccc(-n5c6ccccc6c6ccccc65)cc3)c3oc5ccccc5c34)cc21. The van der Waals surface area contributed by atoms with Crippen LogP contribution in [-0.2, 0) is 5.41 Å². The monoisotopic (exact) mass is 702 g/mol. The summed E-state index contributed by atoms with van der Waals surface area (Å²) in [6, 6.07) is 61.4. The van der Waals surface area contributed by atoms with Crippen LogP contribution in [-0.4, -0.2) is 9.55 Å². The van der Waals surface area contributed by atoms with E-state index in [-0.39, 0.29) is 5.41 Å². The van der Waals surface area contributed by atoms with Crippen molar-refractivity contribution < 1.29 is 4.42 Å². The van der Waals surface area contributed by atoms with Gasteiger partial charge in [-0.3, -0.25) is 0 Å². The average Bonchev–Trinajstić information content (AvgIpc) is 3.86. The first-order chi connectivity index (χ1) is 27.0. The lowest BCUT2D eigenvalue weighted by atomic mass is 9.81. The third kappa shape index (κ3) is 4.18. The van der Waals surface area contributed by atoms with Crippen LogP contribution < -0.4 is 0 Å². The molecule has 3 heteroatoms. The van der Waals surface area contributed by atoms with Crippen LogP contribution in [0.5, 0.6) is 0 Å². The molecule has 1 aliphatic carbocycles. The molecule has 3 nitrogen and oxygen atoms in total. The number of para-hydroxylation sites is 4. The van der Waals surface area contributed by atoms with Gasteiger partial charge in [0.05, 0.1) is 22.2 Å². The van der Waals surface area contributed by atoms with Gasteiger partial charge in [0, 0.05) is 59.9 Å². The summed E-state index contributed by atoms with van der Waals surface area (Å²) in [5, 5.41) is 8.17. The molecular weight excluding hydrogens is 669 g/mol. The first kappa shape index (κ1) is 30.5. The second kappa shape index (κ2) is 11.0. The van der Waals surface area contributed by atoms with Crippen LogP contribution >= 0.6 is 0 Å². The number of furan rings is 1. The molecule has 3 heterocycles. The van der Waals surface area contributed by atoms with Crippen molar-refractivity contribution in [2.24, 2.45) is 0 Å². The molecule has 11 aromatic rings. The first-order valence-corrected chi connectivity index (χ1v) is 19.0. The average molecular weight is 703 g/mol. The molecule has 3 aromatic heterocycles. The fraction of sp³-hybridized carbons (Fsp3) is 0.0577. The Kier molecular flexibility index (Phi) is 6.12. The van der Waals surface area contributed by atoms with Gasteiger partial charge in [-0.15, -0.1) is 0 Å². The number of fused-ring (bicyclic) bond motifs is 13. The topological polar surface area (TPSA) is 31.0 Å². The van der Waals surface area contributed by atoms with E-state index in [1.807, 2.05) is 0 Å². The van der Waals surface area contributed by atoms with Crippen molar-refractivity contribution in [1.82, 2.24) is 9.55 Å². The molecule has 55 heavy (non-hydrogen) atoms. The van der Waals surface area contributed by atoms with Crippen molar-refractivity contribution in [2.45, 2.75) is 19.3 Å². The Morgan fingerprint density at radius 3 is 1.87 bits per heavy atom. The van der Waals surface area contributed by atoms with Gasteiger partial charge in [0.25, 0.3) is 0 Å². The number of hydrogen-bond donors (Lipinski definition) is 0. The molecule has 0 bridgehead atoms. The zero-order valence-electron chi connectivity index (χ0n) is 30.5. The van der Waals surface area contributed by atoms with Gasteiger partial charge >= 0.3 is 0 Å².